The van der Waals surface area contributed by atoms with Crippen LogP contribution in [0.5, 0.6) is 0 Å². The van der Waals surface area contributed by atoms with Gasteiger partial charge in [0, 0.05) is 31.7 Å². The minimum atomic E-state index is -0.218. The molecule has 1 aliphatic heterocycles. The molecule has 4 heteroatoms. The van der Waals surface area contributed by atoms with Crippen molar-refractivity contribution in [2.24, 2.45) is 5.73 Å². The van der Waals surface area contributed by atoms with Gasteiger partial charge in [-0.05, 0) is 31.8 Å². The maximum Gasteiger partial charge on any atom is 0.123 e. The lowest BCUT2D eigenvalue weighted by Gasteiger charge is -2.40. The monoisotopic (exact) mass is 237 g/mol. The third-order valence-corrected chi connectivity index (χ3v) is 3.55. The summed E-state index contributed by atoms with van der Waals surface area (Å²) in [7, 11) is 4.18. The van der Waals surface area contributed by atoms with Crippen molar-refractivity contribution in [3.63, 3.8) is 0 Å². The summed E-state index contributed by atoms with van der Waals surface area (Å²) < 4.78 is 13.2. The molecule has 0 spiro atoms. The van der Waals surface area contributed by atoms with E-state index in [0.717, 1.165) is 25.2 Å². The van der Waals surface area contributed by atoms with E-state index in [1.165, 1.54) is 12.1 Å². The van der Waals surface area contributed by atoms with Gasteiger partial charge < -0.3 is 10.6 Å². The molecule has 2 atom stereocenters. The van der Waals surface area contributed by atoms with Gasteiger partial charge in [-0.15, -0.1) is 0 Å². The summed E-state index contributed by atoms with van der Waals surface area (Å²) in [5, 5.41) is 0. The van der Waals surface area contributed by atoms with Crippen molar-refractivity contribution >= 4 is 0 Å². The molecular weight excluding hydrogens is 217 g/mol. The Morgan fingerprint density at radius 3 is 2.82 bits per heavy atom. The van der Waals surface area contributed by atoms with Gasteiger partial charge in [0.05, 0.1) is 0 Å². The first-order valence-electron chi connectivity index (χ1n) is 5.98. The molecular formula is C13H20FN3. The lowest BCUT2D eigenvalue weighted by atomic mass is 9.97. The molecule has 1 heterocycles. The molecule has 0 aliphatic carbocycles. The van der Waals surface area contributed by atoms with Gasteiger partial charge in [0.15, 0.2) is 0 Å². The summed E-state index contributed by atoms with van der Waals surface area (Å²) in [6.07, 6.45) is 0. The number of benzene rings is 1. The standard InChI is InChI=1S/C13H20FN3/c1-16-6-7-17(2)12(9-16)13(15)10-4-3-5-11(14)8-10/h3-5,8,12-13H,6-7,9,15H2,1-2H3. The van der Waals surface area contributed by atoms with Crippen LogP contribution in [0.25, 0.3) is 0 Å². The van der Waals surface area contributed by atoms with Gasteiger partial charge in [-0.3, -0.25) is 4.90 Å². The summed E-state index contributed by atoms with van der Waals surface area (Å²) in [6.45, 7) is 2.99. The molecule has 1 saturated heterocycles. The molecule has 2 rings (SSSR count). The molecule has 0 amide bonds. The molecule has 1 fully saturated rings. The van der Waals surface area contributed by atoms with Gasteiger partial charge in [0.1, 0.15) is 5.82 Å². The molecule has 2 N–H and O–H groups in total. The van der Waals surface area contributed by atoms with Gasteiger partial charge in [0.2, 0.25) is 0 Å². The zero-order valence-electron chi connectivity index (χ0n) is 10.4. The molecule has 0 saturated carbocycles. The molecule has 2 unspecified atom stereocenters. The molecule has 1 aromatic carbocycles. The zero-order chi connectivity index (χ0) is 12.4. The Morgan fingerprint density at radius 2 is 2.12 bits per heavy atom. The van der Waals surface area contributed by atoms with Crippen LogP contribution in [0, 0.1) is 5.82 Å². The second-order valence-electron chi connectivity index (χ2n) is 4.89. The Balaban J connectivity index is 2.15. The van der Waals surface area contributed by atoms with Crippen molar-refractivity contribution in [2.45, 2.75) is 12.1 Å². The summed E-state index contributed by atoms with van der Waals surface area (Å²) in [4.78, 5) is 4.53. The summed E-state index contributed by atoms with van der Waals surface area (Å²) in [5.74, 6) is -0.218. The smallest absolute Gasteiger partial charge is 0.123 e. The largest absolute Gasteiger partial charge is 0.323 e. The number of hydrogen-bond acceptors (Lipinski definition) is 3. The van der Waals surface area contributed by atoms with Gasteiger partial charge in [-0.25, -0.2) is 4.39 Å². The highest BCUT2D eigenvalue weighted by Crippen LogP contribution is 2.21. The molecule has 0 aromatic heterocycles. The Hall–Kier alpha value is -0.970. The zero-order valence-corrected chi connectivity index (χ0v) is 10.4. The van der Waals surface area contributed by atoms with Crippen LogP contribution in [0.2, 0.25) is 0 Å². The average Bonchev–Trinajstić information content (AvgIpc) is 2.31. The van der Waals surface area contributed by atoms with Crippen LogP contribution in [0.1, 0.15) is 11.6 Å². The van der Waals surface area contributed by atoms with Crippen molar-refractivity contribution < 1.29 is 4.39 Å². The van der Waals surface area contributed by atoms with Crippen LogP contribution in [0.3, 0.4) is 0 Å². The normalized spacial score (nSPS) is 24.8. The number of rotatable bonds is 2. The second kappa shape index (κ2) is 5.12. The quantitative estimate of drug-likeness (QED) is 0.835. The number of likely N-dealkylation sites (N-methyl/N-ethyl adjacent to an activating group) is 2. The predicted molar refractivity (Wildman–Crippen MR) is 67.2 cm³/mol. The van der Waals surface area contributed by atoms with E-state index in [4.69, 9.17) is 5.73 Å². The van der Waals surface area contributed by atoms with Crippen molar-refractivity contribution in [3.8, 4) is 0 Å². The van der Waals surface area contributed by atoms with Gasteiger partial charge in [0.25, 0.3) is 0 Å². The first-order valence-corrected chi connectivity index (χ1v) is 5.98. The predicted octanol–water partition coefficient (Wildman–Crippen LogP) is 1.07. The number of piperazine rings is 1. The van der Waals surface area contributed by atoms with Crippen LogP contribution in [-0.4, -0.2) is 49.6 Å². The fourth-order valence-electron chi connectivity index (χ4n) is 2.37. The van der Waals surface area contributed by atoms with Crippen LogP contribution >= 0.6 is 0 Å². The molecule has 17 heavy (non-hydrogen) atoms. The SMILES string of the molecule is CN1CCN(C)C(C(N)c2cccc(F)c2)C1. The van der Waals surface area contributed by atoms with E-state index >= 15 is 0 Å². The van der Waals surface area contributed by atoms with Gasteiger partial charge >= 0.3 is 0 Å². The van der Waals surface area contributed by atoms with Crippen LogP contribution in [0.4, 0.5) is 4.39 Å². The van der Waals surface area contributed by atoms with Crippen LogP contribution < -0.4 is 5.73 Å². The topological polar surface area (TPSA) is 32.5 Å². The highest BCUT2D eigenvalue weighted by atomic mass is 19.1. The Bertz CT molecular complexity index is 383. The van der Waals surface area contributed by atoms with Crippen molar-refractivity contribution in [1.82, 2.24) is 9.80 Å². The molecule has 3 nitrogen and oxygen atoms in total. The Labute approximate surface area is 102 Å². The third-order valence-electron chi connectivity index (χ3n) is 3.55. The highest BCUT2D eigenvalue weighted by Gasteiger charge is 2.28. The second-order valence-corrected chi connectivity index (χ2v) is 4.89. The number of nitrogens with two attached hydrogens (primary N) is 1. The average molecular weight is 237 g/mol. The van der Waals surface area contributed by atoms with Gasteiger partial charge in [-0.1, -0.05) is 12.1 Å². The lowest BCUT2D eigenvalue weighted by Crippen LogP contribution is -2.54. The van der Waals surface area contributed by atoms with Crippen molar-refractivity contribution in [2.75, 3.05) is 33.7 Å². The summed E-state index contributed by atoms with van der Waals surface area (Å²) >= 11 is 0. The van der Waals surface area contributed by atoms with Crippen LogP contribution in [0.15, 0.2) is 24.3 Å². The van der Waals surface area contributed by atoms with Gasteiger partial charge in [-0.2, -0.15) is 0 Å². The Kier molecular flexibility index (Phi) is 3.76. The molecule has 1 aliphatic rings. The minimum Gasteiger partial charge on any atom is -0.323 e. The van der Waals surface area contributed by atoms with E-state index in [2.05, 4.69) is 23.9 Å². The van der Waals surface area contributed by atoms with E-state index in [0.29, 0.717) is 0 Å². The number of hydrogen-bond donors (Lipinski definition) is 1. The number of nitrogens with zero attached hydrogens (tertiary/aromatic N) is 2. The van der Waals surface area contributed by atoms with E-state index in [9.17, 15) is 4.39 Å². The fourth-order valence-corrected chi connectivity index (χ4v) is 2.37. The van der Waals surface area contributed by atoms with Crippen molar-refractivity contribution in [1.29, 1.82) is 0 Å². The van der Waals surface area contributed by atoms with E-state index in [1.807, 2.05) is 6.07 Å². The van der Waals surface area contributed by atoms with Crippen LogP contribution in [-0.2, 0) is 0 Å². The molecule has 94 valence electrons. The van der Waals surface area contributed by atoms with E-state index in [-0.39, 0.29) is 17.9 Å². The maximum absolute atomic E-state index is 13.2. The van der Waals surface area contributed by atoms with Crippen molar-refractivity contribution in [3.05, 3.63) is 35.6 Å². The lowest BCUT2D eigenvalue weighted by molar-refractivity contribution is 0.0973. The Morgan fingerprint density at radius 1 is 1.35 bits per heavy atom. The first kappa shape index (κ1) is 12.5. The molecule has 0 radical (unpaired) electrons. The minimum absolute atomic E-state index is 0.140. The first-order chi connectivity index (χ1) is 8.08. The fraction of sp³-hybridized carbons (Fsp3) is 0.538. The molecule has 0 bridgehead atoms. The van der Waals surface area contributed by atoms with E-state index in [1.54, 1.807) is 6.07 Å². The molecule has 1 aromatic rings. The third kappa shape index (κ3) is 2.83. The number of halogens is 1. The summed E-state index contributed by atoms with van der Waals surface area (Å²) in [5.41, 5.74) is 7.13. The van der Waals surface area contributed by atoms with E-state index < -0.39 is 0 Å². The maximum atomic E-state index is 13.2. The highest BCUT2D eigenvalue weighted by molar-refractivity contribution is 5.21. The summed E-state index contributed by atoms with van der Waals surface area (Å²) in [6, 6.07) is 6.71.